The van der Waals surface area contributed by atoms with Crippen molar-refractivity contribution in [3.05, 3.63) is 35.9 Å². The van der Waals surface area contributed by atoms with Crippen LogP contribution in [0.25, 0.3) is 0 Å². The molecule has 1 fully saturated rings. The SMILES string of the molecule is N[C@H](CC1CCC1)c1ccccc1. The van der Waals surface area contributed by atoms with Gasteiger partial charge >= 0.3 is 0 Å². The first-order chi connectivity index (χ1) is 6.36. The Kier molecular flexibility index (Phi) is 2.65. The molecule has 0 aliphatic heterocycles. The lowest BCUT2D eigenvalue weighted by atomic mass is 9.80. The molecular weight excluding hydrogens is 158 g/mol. The molecule has 1 aliphatic carbocycles. The van der Waals surface area contributed by atoms with E-state index in [0.717, 1.165) is 5.92 Å². The van der Waals surface area contributed by atoms with Crippen LogP contribution >= 0.6 is 0 Å². The summed E-state index contributed by atoms with van der Waals surface area (Å²) in [6, 6.07) is 10.7. The Balaban J connectivity index is 1.92. The average Bonchev–Trinajstić information content (AvgIpc) is 2.12. The predicted molar refractivity (Wildman–Crippen MR) is 55.3 cm³/mol. The lowest BCUT2D eigenvalue weighted by Crippen LogP contribution is -2.19. The molecule has 1 saturated carbocycles. The molecule has 0 amide bonds. The number of nitrogens with two attached hydrogens (primary N) is 1. The molecule has 0 aromatic heterocycles. The Labute approximate surface area is 80.0 Å². The predicted octanol–water partition coefficient (Wildman–Crippen LogP) is 2.88. The highest BCUT2D eigenvalue weighted by Gasteiger charge is 2.20. The topological polar surface area (TPSA) is 26.0 Å². The molecule has 1 aromatic rings. The fourth-order valence-electron chi connectivity index (χ4n) is 1.92. The summed E-state index contributed by atoms with van der Waals surface area (Å²) in [7, 11) is 0. The second kappa shape index (κ2) is 3.93. The van der Waals surface area contributed by atoms with E-state index in [-0.39, 0.29) is 6.04 Å². The average molecular weight is 175 g/mol. The van der Waals surface area contributed by atoms with Crippen molar-refractivity contribution in [2.24, 2.45) is 11.7 Å². The van der Waals surface area contributed by atoms with Crippen LogP contribution in [0.1, 0.15) is 37.3 Å². The Bertz CT molecular complexity index is 251. The van der Waals surface area contributed by atoms with Gasteiger partial charge in [0.05, 0.1) is 0 Å². The summed E-state index contributed by atoms with van der Waals surface area (Å²) in [6.07, 6.45) is 5.36. The normalized spacial score (nSPS) is 19.5. The number of rotatable bonds is 3. The van der Waals surface area contributed by atoms with Gasteiger partial charge in [0.25, 0.3) is 0 Å². The quantitative estimate of drug-likeness (QED) is 0.751. The summed E-state index contributed by atoms with van der Waals surface area (Å²) in [5.74, 6) is 0.898. The smallest absolute Gasteiger partial charge is 0.0297 e. The van der Waals surface area contributed by atoms with Crippen LogP contribution in [-0.4, -0.2) is 0 Å². The molecule has 2 rings (SSSR count). The molecule has 0 heterocycles. The molecule has 1 aliphatic rings. The lowest BCUT2D eigenvalue weighted by molar-refractivity contribution is 0.277. The number of benzene rings is 1. The van der Waals surface area contributed by atoms with Gasteiger partial charge in [-0.05, 0) is 17.9 Å². The van der Waals surface area contributed by atoms with Crippen molar-refractivity contribution in [3.8, 4) is 0 Å². The van der Waals surface area contributed by atoms with Gasteiger partial charge in [0, 0.05) is 6.04 Å². The second-order valence-corrected chi connectivity index (χ2v) is 4.05. The number of hydrogen-bond acceptors (Lipinski definition) is 1. The molecule has 0 saturated heterocycles. The van der Waals surface area contributed by atoms with Crippen molar-refractivity contribution in [2.75, 3.05) is 0 Å². The highest BCUT2D eigenvalue weighted by atomic mass is 14.6. The third-order valence-corrected chi connectivity index (χ3v) is 3.04. The van der Waals surface area contributed by atoms with Gasteiger partial charge in [-0.1, -0.05) is 49.6 Å². The van der Waals surface area contributed by atoms with Crippen LogP contribution in [0.4, 0.5) is 0 Å². The lowest BCUT2D eigenvalue weighted by Gasteiger charge is -2.28. The van der Waals surface area contributed by atoms with E-state index in [9.17, 15) is 0 Å². The van der Waals surface area contributed by atoms with Crippen LogP contribution in [0.2, 0.25) is 0 Å². The van der Waals surface area contributed by atoms with Gasteiger partial charge in [-0.2, -0.15) is 0 Å². The van der Waals surface area contributed by atoms with Gasteiger partial charge in [-0.15, -0.1) is 0 Å². The fraction of sp³-hybridized carbons (Fsp3) is 0.500. The Morgan fingerprint density at radius 3 is 2.46 bits per heavy atom. The Morgan fingerprint density at radius 1 is 1.23 bits per heavy atom. The molecule has 1 aromatic carbocycles. The summed E-state index contributed by atoms with van der Waals surface area (Å²) >= 11 is 0. The zero-order valence-corrected chi connectivity index (χ0v) is 7.95. The monoisotopic (exact) mass is 175 g/mol. The third-order valence-electron chi connectivity index (χ3n) is 3.04. The van der Waals surface area contributed by atoms with Crippen molar-refractivity contribution in [1.82, 2.24) is 0 Å². The minimum absolute atomic E-state index is 0.256. The van der Waals surface area contributed by atoms with Crippen molar-refractivity contribution in [1.29, 1.82) is 0 Å². The van der Waals surface area contributed by atoms with Crippen molar-refractivity contribution >= 4 is 0 Å². The summed E-state index contributed by atoms with van der Waals surface area (Å²) in [6.45, 7) is 0. The van der Waals surface area contributed by atoms with Gasteiger partial charge in [0.2, 0.25) is 0 Å². The summed E-state index contributed by atoms with van der Waals surface area (Å²) in [4.78, 5) is 0. The third kappa shape index (κ3) is 2.10. The van der Waals surface area contributed by atoms with Crippen LogP contribution < -0.4 is 5.73 Å². The van der Waals surface area contributed by atoms with E-state index in [0.29, 0.717) is 0 Å². The van der Waals surface area contributed by atoms with Crippen molar-refractivity contribution in [3.63, 3.8) is 0 Å². The van der Waals surface area contributed by atoms with E-state index in [1.165, 1.54) is 31.2 Å². The first-order valence-corrected chi connectivity index (χ1v) is 5.17. The maximum atomic E-state index is 6.11. The summed E-state index contributed by atoms with van der Waals surface area (Å²) in [5, 5.41) is 0. The standard InChI is InChI=1S/C12H17N/c13-12(9-10-5-4-6-10)11-7-2-1-3-8-11/h1-3,7-8,10,12H,4-6,9,13H2/t12-/m1/s1. The van der Waals surface area contributed by atoms with E-state index >= 15 is 0 Å². The summed E-state index contributed by atoms with van der Waals surface area (Å²) < 4.78 is 0. The van der Waals surface area contributed by atoms with Crippen LogP contribution in [-0.2, 0) is 0 Å². The van der Waals surface area contributed by atoms with Gasteiger partial charge in [0.1, 0.15) is 0 Å². The fourth-order valence-corrected chi connectivity index (χ4v) is 1.92. The molecule has 1 nitrogen and oxygen atoms in total. The minimum atomic E-state index is 0.256. The van der Waals surface area contributed by atoms with Crippen molar-refractivity contribution in [2.45, 2.75) is 31.7 Å². The van der Waals surface area contributed by atoms with E-state index in [4.69, 9.17) is 5.73 Å². The van der Waals surface area contributed by atoms with Crippen LogP contribution in [0.5, 0.6) is 0 Å². The van der Waals surface area contributed by atoms with E-state index in [1.54, 1.807) is 0 Å². The van der Waals surface area contributed by atoms with Crippen molar-refractivity contribution < 1.29 is 0 Å². The van der Waals surface area contributed by atoms with Gasteiger partial charge in [-0.3, -0.25) is 0 Å². The van der Waals surface area contributed by atoms with Gasteiger partial charge in [0.15, 0.2) is 0 Å². The van der Waals surface area contributed by atoms with E-state index in [1.807, 2.05) is 6.07 Å². The molecule has 0 unspecified atom stereocenters. The van der Waals surface area contributed by atoms with E-state index in [2.05, 4.69) is 24.3 Å². The zero-order chi connectivity index (χ0) is 9.10. The molecule has 0 spiro atoms. The maximum absolute atomic E-state index is 6.11. The summed E-state index contributed by atoms with van der Waals surface area (Å²) in [5.41, 5.74) is 7.39. The first-order valence-electron chi connectivity index (χ1n) is 5.17. The molecular formula is C12H17N. The van der Waals surface area contributed by atoms with Gasteiger partial charge in [-0.25, -0.2) is 0 Å². The van der Waals surface area contributed by atoms with Crippen LogP contribution in [0, 0.1) is 5.92 Å². The minimum Gasteiger partial charge on any atom is -0.324 e. The molecule has 1 heteroatoms. The molecule has 70 valence electrons. The van der Waals surface area contributed by atoms with E-state index < -0.39 is 0 Å². The molecule has 0 radical (unpaired) electrons. The Morgan fingerprint density at radius 2 is 1.92 bits per heavy atom. The molecule has 13 heavy (non-hydrogen) atoms. The van der Waals surface area contributed by atoms with Gasteiger partial charge < -0.3 is 5.73 Å². The largest absolute Gasteiger partial charge is 0.324 e. The molecule has 1 atom stereocenters. The van der Waals surface area contributed by atoms with Crippen LogP contribution in [0.3, 0.4) is 0 Å². The maximum Gasteiger partial charge on any atom is 0.0297 e. The zero-order valence-electron chi connectivity index (χ0n) is 7.95. The highest BCUT2D eigenvalue weighted by molar-refractivity contribution is 5.18. The van der Waals surface area contributed by atoms with Crippen LogP contribution in [0.15, 0.2) is 30.3 Å². The molecule has 0 bridgehead atoms. The Hall–Kier alpha value is -0.820. The highest BCUT2D eigenvalue weighted by Crippen LogP contribution is 2.33. The number of hydrogen-bond donors (Lipinski definition) is 1. The first kappa shape index (κ1) is 8.76. The molecule has 2 N–H and O–H groups in total. The second-order valence-electron chi connectivity index (χ2n) is 4.05.